The molecule has 1 aliphatic rings. The summed E-state index contributed by atoms with van der Waals surface area (Å²) >= 11 is 0. The van der Waals surface area contributed by atoms with Crippen LogP contribution in [0.25, 0.3) is 0 Å². The minimum absolute atomic E-state index is 0.0301. The second kappa shape index (κ2) is 4.24. The van der Waals surface area contributed by atoms with Gasteiger partial charge in [-0.05, 0) is 19.3 Å². The molecule has 4 nitrogen and oxygen atoms in total. The van der Waals surface area contributed by atoms with Gasteiger partial charge in [-0.25, -0.2) is 0 Å². The summed E-state index contributed by atoms with van der Waals surface area (Å²) in [6, 6.07) is 1.97. The van der Waals surface area contributed by atoms with E-state index >= 15 is 0 Å². The topological polar surface area (TPSA) is 78.9 Å². The number of hydrogen-bond donors (Lipinski definition) is 2. The molecule has 0 bridgehead atoms. The van der Waals surface area contributed by atoms with E-state index < -0.39 is 0 Å². The van der Waals surface area contributed by atoms with Gasteiger partial charge in [0.2, 0.25) is 5.91 Å². The van der Waals surface area contributed by atoms with Crippen LogP contribution in [0.2, 0.25) is 0 Å². The van der Waals surface area contributed by atoms with Crippen molar-refractivity contribution in [3.63, 3.8) is 0 Å². The van der Waals surface area contributed by atoms with Crippen molar-refractivity contribution in [1.29, 1.82) is 5.26 Å². The summed E-state index contributed by atoms with van der Waals surface area (Å²) < 4.78 is 0. The highest BCUT2D eigenvalue weighted by atomic mass is 16.1. The average molecular weight is 181 g/mol. The number of nitrogens with zero attached hydrogens (tertiary/aromatic N) is 1. The van der Waals surface area contributed by atoms with Gasteiger partial charge < -0.3 is 11.1 Å². The summed E-state index contributed by atoms with van der Waals surface area (Å²) in [6.07, 6.45) is 3.78. The number of nitrogens with two attached hydrogens (primary N) is 1. The molecule has 1 aliphatic carbocycles. The molecule has 1 rings (SSSR count). The van der Waals surface area contributed by atoms with Gasteiger partial charge in [-0.2, -0.15) is 5.26 Å². The predicted molar refractivity (Wildman–Crippen MR) is 48.6 cm³/mol. The molecule has 0 radical (unpaired) electrons. The molecule has 0 unspecified atom stereocenters. The Morgan fingerprint density at radius 3 is 2.77 bits per heavy atom. The summed E-state index contributed by atoms with van der Waals surface area (Å²) in [7, 11) is 0. The van der Waals surface area contributed by atoms with Crippen LogP contribution in [0.4, 0.5) is 0 Å². The maximum absolute atomic E-state index is 11.2. The maximum atomic E-state index is 11.2. The smallest absolute Gasteiger partial charge is 0.221 e. The van der Waals surface area contributed by atoms with E-state index in [0.29, 0.717) is 19.4 Å². The van der Waals surface area contributed by atoms with Crippen molar-refractivity contribution in [2.75, 3.05) is 6.54 Å². The molecule has 13 heavy (non-hydrogen) atoms. The molecule has 0 aromatic heterocycles. The number of nitrogens with one attached hydrogen (secondary N) is 1. The first-order valence-corrected chi connectivity index (χ1v) is 4.59. The first-order chi connectivity index (χ1) is 6.16. The lowest BCUT2D eigenvalue weighted by Gasteiger charge is -2.37. The fourth-order valence-electron chi connectivity index (χ4n) is 1.45. The highest BCUT2D eigenvalue weighted by Crippen LogP contribution is 2.31. The predicted octanol–water partition coefficient (Wildman–Crippen LogP) is 0.288. The largest absolute Gasteiger partial charge is 0.355 e. The van der Waals surface area contributed by atoms with Gasteiger partial charge in [-0.15, -0.1) is 0 Å². The normalized spacial score (nSPS) is 18.5. The quantitative estimate of drug-likeness (QED) is 0.612. The van der Waals surface area contributed by atoms with Crippen molar-refractivity contribution in [2.45, 2.75) is 37.6 Å². The Balaban J connectivity index is 2.14. The van der Waals surface area contributed by atoms with Crippen LogP contribution < -0.4 is 11.1 Å². The number of rotatable bonds is 4. The SMILES string of the molecule is N#CCCNC(=O)CC1(N)CCC1. The average Bonchev–Trinajstić information content (AvgIpc) is 2.02. The molecule has 0 heterocycles. The van der Waals surface area contributed by atoms with Gasteiger partial charge in [0.25, 0.3) is 0 Å². The van der Waals surface area contributed by atoms with E-state index in [2.05, 4.69) is 5.32 Å². The summed E-state index contributed by atoms with van der Waals surface area (Å²) in [6.45, 7) is 0.436. The lowest BCUT2D eigenvalue weighted by atomic mass is 9.75. The zero-order chi connectivity index (χ0) is 9.73. The second-order valence-electron chi connectivity index (χ2n) is 3.65. The number of carbonyl (C=O) groups excluding carboxylic acids is 1. The van der Waals surface area contributed by atoms with Crippen LogP contribution in [-0.4, -0.2) is 18.0 Å². The lowest BCUT2D eigenvalue weighted by molar-refractivity contribution is -0.122. The molecule has 3 N–H and O–H groups in total. The maximum Gasteiger partial charge on any atom is 0.221 e. The Morgan fingerprint density at radius 2 is 2.31 bits per heavy atom. The molecule has 4 heteroatoms. The fraction of sp³-hybridized carbons (Fsp3) is 0.778. The van der Waals surface area contributed by atoms with E-state index in [1.165, 1.54) is 0 Å². The molecular formula is C9H15N3O. The molecule has 0 aromatic rings. The van der Waals surface area contributed by atoms with E-state index in [9.17, 15) is 4.79 Å². The minimum atomic E-state index is -0.253. The summed E-state index contributed by atoms with van der Waals surface area (Å²) in [4.78, 5) is 11.2. The fourth-order valence-corrected chi connectivity index (χ4v) is 1.45. The first-order valence-electron chi connectivity index (χ1n) is 4.59. The number of amides is 1. The highest BCUT2D eigenvalue weighted by molar-refractivity contribution is 5.77. The second-order valence-corrected chi connectivity index (χ2v) is 3.65. The minimum Gasteiger partial charge on any atom is -0.355 e. The lowest BCUT2D eigenvalue weighted by Crippen LogP contribution is -2.50. The van der Waals surface area contributed by atoms with Gasteiger partial charge in [0.05, 0.1) is 12.5 Å². The molecule has 0 atom stereocenters. The Kier molecular flexibility index (Phi) is 3.26. The third kappa shape index (κ3) is 3.03. The summed E-state index contributed by atoms with van der Waals surface area (Å²) in [5.74, 6) is -0.0301. The molecule has 1 saturated carbocycles. The van der Waals surface area contributed by atoms with Crippen LogP contribution in [0, 0.1) is 11.3 Å². The van der Waals surface area contributed by atoms with Crippen molar-refractivity contribution < 1.29 is 4.79 Å². The molecule has 1 amide bonds. The van der Waals surface area contributed by atoms with Gasteiger partial charge in [-0.3, -0.25) is 4.79 Å². The zero-order valence-electron chi connectivity index (χ0n) is 7.68. The van der Waals surface area contributed by atoms with E-state index in [0.717, 1.165) is 19.3 Å². The first kappa shape index (κ1) is 10.0. The van der Waals surface area contributed by atoms with Crippen LogP contribution in [-0.2, 0) is 4.79 Å². The van der Waals surface area contributed by atoms with E-state index in [-0.39, 0.29) is 11.4 Å². The Bertz CT molecular complexity index is 228. The Labute approximate surface area is 78.1 Å². The number of hydrogen-bond acceptors (Lipinski definition) is 3. The van der Waals surface area contributed by atoms with Crippen molar-refractivity contribution in [3.8, 4) is 6.07 Å². The number of nitriles is 1. The standard InChI is InChI=1S/C9H15N3O/c10-5-2-6-12-8(13)7-9(11)3-1-4-9/h1-4,6-7,11H2,(H,12,13). The third-order valence-corrected chi connectivity index (χ3v) is 2.42. The van der Waals surface area contributed by atoms with Crippen molar-refractivity contribution in [3.05, 3.63) is 0 Å². The molecule has 1 fully saturated rings. The van der Waals surface area contributed by atoms with Gasteiger partial charge in [0.1, 0.15) is 0 Å². The zero-order valence-corrected chi connectivity index (χ0v) is 7.68. The Hall–Kier alpha value is -1.08. The Morgan fingerprint density at radius 1 is 1.62 bits per heavy atom. The molecule has 0 aromatic carbocycles. The molecule has 0 saturated heterocycles. The molecular weight excluding hydrogens is 166 g/mol. The van der Waals surface area contributed by atoms with Crippen LogP contribution in [0.15, 0.2) is 0 Å². The molecule has 0 aliphatic heterocycles. The third-order valence-electron chi connectivity index (χ3n) is 2.42. The summed E-state index contributed by atoms with van der Waals surface area (Å²) in [5.41, 5.74) is 5.63. The van der Waals surface area contributed by atoms with Gasteiger partial charge in [0, 0.05) is 18.5 Å². The van der Waals surface area contributed by atoms with Crippen molar-refractivity contribution >= 4 is 5.91 Å². The van der Waals surface area contributed by atoms with E-state index in [1.54, 1.807) is 0 Å². The van der Waals surface area contributed by atoms with E-state index in [1.807, 2.05) is 6.07 Å². The van der Waals surface area contributed by atoms with Crippen LogP contribution in [0.3, 0.4) is 0 Å². The van der Waals surface area contributed by atoms with Gasteiger partial charge in [-0.1, -0.05) is 0 Å². The monoisotopic (exact) mass is 181 g/mol. The van der Waals surface area contributed by atoms with Crippen LogP contribution in [0.1, 0.15) is 32.1 Å². The van der Waals surface area contributed by atoms with Crippen molar-refractivity contribution in [2.24, 2.45) is 5.73 Å². The molecule has 0 spiro atoms. The molecule has 72 valence electrons. The highest BCUT2D eigenvalue weighted by Gasteiger charge is 2.34. The van der Waals surface area contributed by atoms with Gasteiger partial charge in [0.15, 0.2) is 0 Å². The summed E-state index contributed by atoms with van der Waals surface area (Å²) in [5, 5.41) is 10.9. The van der Waals surface area contributed by atoms with Crippen molar-refractivity contribution in [1.82, 2.24) is 5.32 Å². The van der Waals surface area contributed by atoms with Crippen LogP contribution >= 0.6 is 0 Å². The number of carbonyl (C=O) groups is 1. The van der Waals surface area contributed by atoms with Gasteiger partial charge >= 0.3 is 0 Å². The van der Waals surface area contributed by atoms with E-state index in [4.69, 9.17) is 11.0 Å². The van der Waals surface area contributed by atoms with Crippen LogP contribution in [0.5, 0.6) is 0 Å².